The van der Waals surface area contributed by atoms with Crippen LogP contribution in [0.25, 0.3) is 0 Å². The minimum Gasteiger partial charge on any atom is -0.338 e. The van der Waals surface area contributed by atoms with Crippen molar-refractivity contribution in [2.75, 3.05) is 5.32 Å². The van der Waals surface area contributed by atoms with E-state index in [1.165, 1.54) is 6.07 Å². The molecule has 0 atom stereocenters. The van der Waals surface area contributed by atoms with E-state index in [0.29, 0.717) is 4.47 Å². The summed E-state index contributed by atoms with van der Waals surface area (Å²) in [5.74, 6) is -0.173. The molecule has 1 heterocycles. The van der Waals surface area contributed by atoms with E-state index in [1.807, 2.05) is 25.1 Å². The molecule has 2 aromatic rings. The first kappa shape index (κ1) is 12.5. The number of nitrogens with one attached hydrogen (secondary N) is 1. The molecular formula is C12H9Br2FN2. The van der Waals surface area contributed by atoms with Crippen LogP contribution in [0, 0.1) is 12.7 Å². The van der Waals surface area contributed by atoms with Crippen LogP contribution in [0.4, 0.5) is 15.9 Å². The number of pyridine rings is 1. The Labute approximate surface area is 116 Å². The third kappa shape index (κ3) is 3.04. The van der Waals surface area contributed by atoms with Crippen LogP contribution >= 0.6 is 31.9 Å². The van der Waals surface area contributed by atoms with Crippen molar-refractivity contribution in [1.29, 1.82) is 0 Å². The lowest BCUT2D eigenvalue weighted by atomic mass is 10.2. The van der Waals surface area contributed by atoms with E-state index >= 15 is 0 Å². The lowest BCUT2D eigenvalue weighted by molar-refractivity contribution is 0.625. The fourth-order valence-electron chi connectivity index (χ4n) is 1.36. The van der Waals surface area contributed by atoms with Gasteiger partial charge in [-0.15, -0.1) is 0 Å². The van der Waals surface area contributed by atoms with Gasteiger partial charge in [-0.1, -0.05) is 22.0 Å². The number of aryl methyl sites for hydroxylation is 1. The number of aromatic nitrogens is 1. The average molecular weight is 360 g/mol. The topological polar surface area (TPSA) is 24.9 Å². The molecule has 0 aliphatic rings. The van der Waals surface area contributed by atoms with E-state index in [-0.39, 0.29) is 5.82 Å². The van der Waals surface area contributed by atoms with Gasteiger partial charge in [-0.2, -0.15) is 0 Å². The molecule has 88 valence electrons. The number of rotatable bonds is 2. The quantitative estimate of drug-likeness (QED) is 0.833. The molecule has 0 amide bonds. The monoisotopic (exact) mass is 358 g/mol. The van der Waals surface area contributed by atoms with Crippen molar-refractivity contribution in [1.82, 2.24) is 4.98 Å². The second-order valence-corrected chi connectivity index (χ2v) is 5.40. The third-order valence-corrected chi connectivity index (χ3v) is 3.19. The van der Waals surface area contributed by atoms with Gasteiger partial charge < -0.3 is 5.32 Å². The lowest BCUT2D eigenvalue weighted by Gasteiger charge is -2.10. The first-order chi connectivity index (χ1) is 8.06. The average Bonchev–Trinajstić information content (AvgIpc) is 2.27. The Bertz CT molecular complexity index is 558. The van der Waals surface area contributed by atoms with Crippen molar-refractivity contribution in [3.63, 3.8) is 0 Å². The molecule has 0 fully saturated rings. The number of benzene rings is 1. The van der Waals surface area contributed by atoms with Gasteiger partial charge in [0.25, 0.3) is 0 Å². The normalized spacial score (nSPS) is 10.4. The molecule has 0 saturated heterocycles. The highest BCUT2D eigenvalue weighted by Gasteiger charge is 2.06. The number of halogens is 3. The minimum absolute atomic E-state index is 0.217. The van der Waals surface area contributed by atoms with Crippen molar-refractivity contribution in [3.8, 4) is 0 Å². The maximum Gasteiger partial charge on any atom is 0.166 e. The van der Waals surface area contributed by atoms with Crippen LogP contribution in [0.5, 0.6) is 0 Å². The van der Waals surface area contributed by atoms with Gasteiger partial charge in [0.1, 0.15) is 0 Å². The number of nitrogens with zero attached hydrogens (tertiary/aromatic N) is 1. The molecule has 0 unspecified atom stereocenters. The fraction of sp³-hybridized carbons (Fsp3) is 0.0833. The van der Waals surface area contributed by atoms with E-state index in [1.54, 1.807) is 6.20 Å². The van der Waals surface area contributed by atoms with Crippen molar-refractivity contribution < 1.29 is 4.39 Å². The van der Waals surface area contributed by atoms with Gasteiger partial charge in [-0.25, -0.2) is 9.37 Å². The summed E-state index contributed by atoms with van der Waals surface area (Å²) in [6.45, 7) is 1.95. The lowest BCUT2D eigenvalue weighted by Crippen LogP contribution is -1.98. The van der Waals surface area contributed by atoms with Gasteiger partial charge in [-0.3, -0.25) is 0 Å². The highest BCUT2D eigenvalue weighted by molar-refractivity contribution is 9.10. The molecule has 0 spiro atoms. The molecular weight excluding hydrogens is 351 g/mol. The molecule has 0 aliphatic carbocycles. The van der Waals surface area contributed by atoms with Crippen LogP contribution in [0.3, 0.4) is 0 Å². The SMILES string of the molecule is Cc1ccc(Br)cc1Nc1ncc(Br)cc1F. The van der Waals surface area contributed by atoms with Crippen molar-refractivity contribution in [3.05, 3.63) is 50.8 Å². The maximum absolute atomic E-state index is 13.6. The Morgan fingerprint density at radius 3 is 2.65 bits per heavy atom. The molecule has 0 bridgehead atoms. The van der Waals surface area contributed by atoms with Crippen molar-refractivity contribution >= 4 is 43.4 Å². The summed E-state index contributed by atoms with van der Waals surface area (Å²) in [6.07, 6.45) is 1.55. The standard InChI is InChI=1S/C12H9Br2FN2/c1-7-2-3-8(13)5-11(7)17-12-10(15)4-9(14)6-16-12/h2-6H,1H3,(H,16,17). The van der Waals surface area contributed by atoms with Crippen LogP contribution in [0.15, 0.2) is 39.4 Å². The van der Waals surface area contributed by atoms with E-state index < -0.39 is 5.82 Å². The number of hydrogen-bond donors (Lipinski definition) is 1. The van der Waals surface area contributed by atoms with E-state index in [2.05, 4.69) is 42.2 Å². The second-order valence-electron chi connectivity index (χ2n) is 3.57. The molecule has 17 heavy (non-hydrogen) atoms. The maximum atomic E-state index is 13.6. The largest absolute Gasteiger partial charge is 0.338 e. The van der Waals surface area contributed by atoms with E-state index in [4.69, 9.17) is 0 Å². The van der Waals surface area contributed by atoms with Crippen LogP contribution < -0.4 is 5.32 Å². The van der Waals surface area contributed by atoms with Gasteiger partial charge in [0.2, 0.25) is 0 Å². The van der Waals surface area contributed by atoms with Gasteiger partial charge in [0.15, 0.2) is 11.6 Å². The van der Waals surface area contributed by atoms with Gasteiger partial charge in [-0.05, 0) is 46.6 Å². The van der Waals surface area contributed by atoms with E-state index in [9.17, 15) is 4.39 Å². The van der Waals surface area contributed by atoms with Crippen LogP contribution in [-0.4, -0.2) is 4.98 Å². The summed E-state index contributed by atoms with van der Waals surface area (Å²) in [4.78, 5) is 4.00. The Hall–Kier alpha value is -0.940. The Morgan fingerprint density at radius 2 is 1.94 bits per heavy atom. The zero-order chi connectivity index (χ0) is 12.4. The Kier molecular flexibility index (Phi) is 3.79. The number of anilines is 2. The smallest absolute Gasteiger partial charge is 0.166 e. The summed E-state index contributed by atoms with van der Waals surface area (Å²) < 4.78 is 15.2. The predicted molar refractivity (Wildman–Crippen MR) is 74.1 cm³/mol. The summed E-state index contributed by atoms with van der Waals surface area (Å²) in [6, 6.07) is 7.15. The first-order valence-electron chi connectivity index (χ1n) is 4.90. The zero-order valence-electron chi connectivity index (χ0n) is 8.97. The minimum atomic E-state index is -0.390. The van der Waals surface area contributed by atoms with Crippen LogP contribution in [0.2, 0.25) is 0 Å². The molecule has 2 nitrogen and oxygen atoms in total. The summed E-state index contributed by atoms with van der Waals surface area (Å²) >= 11 is 6.55. The molecule has 0 radical (unpaired) electrons. The highest BCUT2D eigenvalue weighted by Crippen LogP contribution is 2.25. The first-order valence-corrected chi connectivity index (χ1v) is 6.49. The molecule has 1 aromatic heterocycles. The molecule has 1 N–H and O–H groups in total. The van der Waals surface area contributed by atoms with Gasteiger partial charge in [0, 0.05) is 20.8 Å². The van der Waals surface area contributed by atoms with Crippen LogP contribution in [0.1, 0.15) is 5.56 Å². The molecule has 0 saturated carbocycles. The molecule has 0 aliphatic heterocycles. The fourth-order valence-corrected chi connectivity index (χ4v) is 2.03. The van der Waals surface area contributed by atoms with Gasteiger partial charge >= 0.3 is 0 Å². The summed E-state index contributed by atoms with van der Waals surface area (Å²) in [5.41, 5.74) is 1.85. The van der Waals surface area contributed by atoms with E-state index in [0.717, 1.165) is 15.7 Å². The molecule has 1 aromatic carbocycles. The summed E-state index contributed by atoms with van der Waals surface area (Å²) in [7, 11) is 0. The zero-order valence-corrected chi connectivity index (χ0v) is 12.1. The molecule has 5 heteroatoms. The Morgan fingerprint density at radius 1 is 1.18 bits per heavy atom. The van der Waals surface area contributed by atoms with Crippen molar-refractivity contribution in [2.24, 2.45) is 0 Å². The third-order valence-electron chi connectivity index (χ3n) is 2.26. The molecule has 2 rings (SSSR count). The van der Waals surface area contributed by atoms with Crippen LogP contribution in [-0.2, 0) is 0 Å². The van der Waals surface area contributed by atoms with Gasteiger partial charge in [0.05, 0.1) is 0 Å². The van der Waals surface area contributed by atoms with Crippen molar-refractivity contribution in [2.45, 2.75) is 6.92 Å². The number of hydrogen-bond acceptors (Lipinski definition) is 2. The highest BCUT2D eigenvalue weighted by atomic mass is 79.9. The summed E-state index contributed by atoms with van der Waals surface area (Å²) in [5, 5.41) is 2.97. The Balaban J connectivity index is 2.34. The second kappa shape index (κ2) is 5.14. The predicted octanol–water partition coefficient (Wildman–Crippen LogP) is 4.80.